The number of nitrogens with one attached hydrogen (secondary N) is 2. The SMILES string of the molecule is O=C(CNC(=O)c1cc2ccccc2n1Cc1ccccc1)Nc1ccc(-n2cncn2)cc1. The first kappa shape index (κ1) is 21.1. The molecule has 2 amide bonds. The number of carbonyl (C=O) groups excluding carboxylic acids is 2. The normalized spacial score (nSPS) is 10.8. The Hall–Kier alpha value is -4.72. The lowest BCUT2D eigenvalue weighted by atomic mass is 10.2. The van der Waals surface area contributed by atoms with Crippen LogP contribution in [0.15, 0.2) is 97.6 Å². The second kappa shape index (κ2) is 9.41. The predicted octanol–water partition coefficient (Wildman–Crippen LogP) is 3.64. The number of anilines is 1. The molecule has 2 N–H and O–H groups in total. The van der Waals surface area contributed by atoms with E-state index in [9.17, 15) is 9.59 Å². The van der Waals surface area contributed by atoms with Gasteiger partial charge < -0.3 is 15.2 Å². The lowest BCUT2D eigenvalue weighted by Crippen LogP contribution is -2.34. The summed E-state index contributed by atoms with van der Waals surface area (Å²) in [4.78, 5) is 29.4. The molecule has 0 bridgehead atoms. The van der Waals surface area contributed by atoms with E-state index in [1.807, 2.05) is 77.4 Å². The summed E-state index contributed by atoms with van der Waals surface area (Å²) >= 11 is 0. The number of fused-ring (bicyclic) bond motifs is 1. The fourth-order valence-electron chi connectivity index (χ4n) is 3.83. The molecule has 0 atom stereocenters. The Morgan fingerprint density at radius 3 is 2.41 bits per heavy atom. The maximum Gasteiger partial charge on any atom is 0.268 e. The van der Waals surface area contributed by atoms with E-state index >= 15 is 0 Å². The van der Waals surface area contributed by atoms with Crippen LogP contribution in [0, 0.1) is 0 Å². The fraction of sp³-hybridized carbons (Fsp3) is 0.0769. The lowest BCUT2D eigenvalue weighted by molar-refractivity contribution is -0.115. The van der Waals surface area contributed by atoms with Crippen LogP contribution in [0.3, 0.4) is 0 Å². The molecule has 0 fully saturated rings. The van der Waals surface area contributed by atoms with Gasteiger partial charge in [0.15, 0.2) is 0 Å². The summed E-state index contributed by atoms with van der Waals surface area (Å²) in [6, 6.07) is 26.9. The number of nitrogens with zero attached hydrogens (tertiary/aromatic N) is 4. The Kier molecular flexibility index (Phi) is 5.85. The molecular weight excluding hydrogens is 428 g/mol. The van der Waals surface area contributed by atoms with E-state index in [1.165, 1.54) is 6.33 Å². The standard InChI is InChI=1S/C26H22N6O2/c33-25(30-21-10-12-22(13-11-21)32-18-27-17-29-32)15-28-26(34)24-14-20-8-4-5-9-23(20)31(24)16-19-6-2-1-3-7-19/h1-14,17-18H,15-16H2,(H,28,34)(H,30,33). The Morgan fingerprint density at radius 2 is 1.65 bits per heavy atom. The minimum absolute atomic E-state index is 0.142. The summed E-state index contributed by atoms with van der Waals surface area (Å²) in [5, 5.41) is 10.6. The topological polar surface area (TPSA) is 93.8 Å². The van der Waals surface area contributed by atoms with E-state index < -0.39 is 0 Å². The first-order chi connectivity index (χ1) is 16.7. The highest BCUT2D eigenvalue weighted by Gasteiger charge is 2.16. The van der Waals surface area contributed by atoms with Crippen LogP contribution in [0.4, 0.5) is 5.69 Å². The maximum atomic E-state index is 13.0. The molecule has 0 aliphatic carbocycles. The van der Waals surface area contributed by atoms with E-state index in [-0.39, 0.29) is 18.4 Å². The van der Waals surface area contributed by atoms with Gasteiger partial charge in [-0.05, 0) is 42.0 Å². The molecule has 0 unspecified atom stereocenters. The quantitative estimate of drug-likeness (QED) is 0.396. The molecule has 0 saturated carbocycles. The summed E-state index contributed by atoms with van der Waals surface area (Å²) < 4.78 is 3.60. The lowest BCUT2D eigenvalue weighted by Gasteiger charge is -2.12. The van der Waals surface area contributed by atoms with Gasteiger partial charge in [0.1, 0.15) is 18.3 Å². The molecule has 3 aromatic carbocycles. The van der Waals surface area contributed by atoms with Gasteiger partial charge in [-0.15, -0.1) is 0 Å². The van der Waals surface area contributed by atoms with Gasteiger partial charge in [0.05, 0.1) is 12.2 Å². The van der Waals surface area contributed by atoms with Crippen molar-refractivity contribution in [3.63, 3.8) is 0 Å². The smallest absolute Gasteiger partial charge is 0.268 e. The van der Waals surface area contributed by atoms with E-state index in [4.69, 9.17) is 0 Å². The van der Waals surface area contributed by atoms with Crippen molar-refractivity contribution in [3.8, 4) is 5.69 Å². The maximum absolute atomic E-state index is 13.0. The minimum atomic E-state index is -0.312. The third kappa shape index (κ3) is 4.56. The van der Waals surface area contributed by atoms with Gasteiger partial charge in [0.25, 0.3) is 5.91 Å². The van der Waals surface area contributed by atoms with Gasteiger partial charge in [-0.2, -0.15) is 5.10 Å². The molecule has 2 aromatic heterocycles. The number of carbonyl (C=O) groups is 2. The molecule has 5 rings (SSSR count). The van der Waals surface area contributed by atoms with Crippen LogP contribution in [0.2, 0.25) is 0 Å². The molecule has 0 aliphatic heterocycles. The largest absolute Gasteiger partial charge is 0.342 e. The predicted molar refractivity (Wildman–Crippen MR) is 130 cm³/mol. The molecule has 2 heterocycles. The van der Waals surface area contributed by atoms with Crippen LogP contribution in [0.1, 0.15) is 16.1 Å². The van der Waals surface area contributed by atoms with Crippen molar-refractivity contribution in [2.45, 2.75) is 6.54 Å². The number of aromatic nitrogens is 4. The molecule has 5 aromatic rings. The Labute approximate surface area is 195 Å². The molecule has 8 heteroatoms. The van der Waals surface area contributed by atoms with Gasteiger partial charge in [0, 0.05) is 23.1 Å². The monoisotopic (exact) mass is 450 g/mol. The second-order valence-corrected chi connectivity index (χ2v) is 7.78. The van der Waals surface area contributed by atoms with Gasteiger partial charge in [-0.25, -0.2) is 9.67 Å². The zero-order chi connectivity index (χ0) is 23.3. The van der Waals surface area contributed by atoms with E-state index in [0.29, 0.717) is 17.9 Å². The number of amides is 2. The van der Waals surface area contributed by atoms with Crippen molar-refractivity contribution in [1.82, 2.24) is 24.6 Å². The van der Waals surface area contributed by atoms with E-state index in [1.54, 1.807) is 23.1 Å². The molecule has 0 aliphatic rings. The van der Waals surface area contributed by atoms with Crippen LogP contribution in [-0.4, -0.2) is 37.7 Å². The third-order valence-electron chi connectivity index (χ3n) is 5.47. The molecule has 34 heavy (non-hydrogen) atoms. The molecule has 0 radical (unpaired) electrons. The highest BCUT2D eigenvalue weighted by molar-refractivity contribution is 6.01. The Morgan fingerprint density at radius 1 is 0.882 bits per heavy atom. The highest BCUT2D eigenvalue weighted by atomic mass is 16.2. The third-order valence-corrected chi connectivity index (χ3v) is 5.47. The van der Waals surface area contributed by atoms with Gasteiger partial charge in [0.2, 0.25) is 5.91 Å². The van der Waals surface area contributed by atoms with Crippen molar-refractivity contribution in [3.05, 3.63) is 109 Å². The average molecular weight is 451 g/mol. The van der Waals surface area contributed by atoms with Gasteiger partial charge >= 0.3 is 0 Å². The van der Waals surface area contributed by atoms with Crippen LogP contribution in [-0.2, 0) is 11.3 Å². The van der Waals surface area contributed by atoms with E-state index in [0.717, 1.165) is 22.2 Å². The van der Waals surface area contributed by atoms with Crippen LogP contribution < -0.4 is 10.6 Å². The zero-order valence-corrected chi connectivity index (χ0v) is 18.3. The summed E-state index contributed by atoms with van der Waals surface area (Å²) in [7, 11) is 0. The molecule has 0 saturated heterocycles. The van der Waals surface area contributed by atoms with Crippen molar-refractivity contribution in [2.24, 2.45) is 0 Å². The molecular formula is C26H22N6O2. The van der Waals surface area contributed by atoms with Crippen molar-refractivity contribution in [2.75, 3.05) is 11.9 Å². The van der Waals surface area contributed by atoms with Crippen molar-refractivity contribution < 1.29 is 9.59 Å². The van der Waals surface area contributed by atoms with Crippen molar-refractivity contribution >= 4 is 28.4 Å². The van der Waals surface area contributed by atoms with Crippen LogP contribution in [0.25, 0.3) is 16.6 Å². The Balaban J connectivity index is 1.26. The summed E-state index contributed by atoms with van der Waals surface area (Å²) in [6.07, 6.45) is 3.05. The summed E-state index contributed by atoms with van der Waals surface area (Å²) in [6.45, 7) is 0.415. The number of para-hydroxylation sites is 1. The molecule has 0 spiro atoms. The Bertz CT molecular complexity index is 1420. The minimum Gasteiger partial charge on any atom is -0.342 e. The van der Waals surface area contributed by atoms with Crippen LogP contribution >= 0.6 is 0 Å². The zero-order valence-electron chi connectivity index (χ0n) is 18.3. The summed E-state index contributed by atoms with van der Waals surface area (Å²) in [5.41, 5.74) is 4.02. The average Bonchev–Trinajstić information content (AvgIpc) is 3.53. The second-order valence-electron chi connectivity index (χ2n) is 7.78. The fourth-order valence-corrected chi connectivity index (χ4v) is 3.83. The first-order valence-electron chi connectivity index (χ1n) is 10.8. The van der Waals surface area contributed by atoms with Crippen LogP contribution in [0.5, 0.6) is 0 Å². The van der Waals surface area contributed by atoms with Gasteiger partial charge in [-0.1, -0.05) is 48.5 Å². The number of hydrogen-bond donors (Lipinski definition) is 2. The highest BCUT2D eigenvalue weighted by Crippen LogP contribution is 2.21. The van der Waals surface area contributed by atoms with Crippen molar-refractivity contribution in [1.29, 1.82) is 0 Å². The first-order valence-corrected chi connectivity index (χ1v) is 10.8. The van der Waals surface area contributed by atoms with E-state index in [2.05, 4.69) is 20.7 Å². The van der Waals surface area contributed by atoms with Gasteiger partial charge in [-0.3, -0.25) is 9.59 Å². The summed E-state index contributed by atoms with van der Waals surface area (Å²) in [5.74, 6) is -0.614. The number of hydrogen-bond acceptors (Lipinski definition) is 4. The molecule has 168 valence electrons. The number of rotatable bonds is 7. The molecule has 8 nitrogen and oxygen atoms in total. The number of benzene rings is 3.